The van der Waals surface area contributed by atoms with Crippen molar-refractivity contribution in [3.8, 4) is 0 Å². The Morgan fingerprint density at radius 3 is 2.52 bits per heavy atom. The first-order valence-electron chi connectivity index (χ1n) is 7.25. The fourth-order valence-electron chi connectivity index (χ4n) is 2.16. The van der Waals surface area contributed by atoms with Crippen LogP contribution in [0.25, 0.3) is 6.08 Å². The molecule has 2 rings (SSSR count). The molecule has 1 aromatic carbocycles. The molecule has 0 aliphatic rings. The van der Waals surface area contributed by atoms with Crippen molar-refractivity contribution in [1.29, 1.82) is 0 Å². The molecule has 6 nitrogen and oxygen atoms in total. The number of amides is 2. The van der Waals surface area contributed by atoms with Crippen LogP contribution < -0.4 is 11.1 Å². The highest BCUT2D eigenvalue weighted by molar-refractivity contribution is 5.94. The van der Waals surface area contributed by atoms with E-state index in [0.717, 1.165) is 22.6 Å². The molecule has 0 saturated carbocycles. The Hall–Kier alpha value is -2.89. The van der Waals surface area contributed by atoms with Crippen LogP contribution in [0.4, 0.5) is 0 Å². The van der Waals surface area contributed by atoms with Crippen molar-refractivity contribution in [2.45, 2.75) is 20.3 Å². The van der Waals surface area contributed by atoms with Gasteiger partial charge in [-0.1, -0.05) is 17.3 Å². The summed E-state index contributed by atoms with van der Waals surface area (Å²) in [5.74, 6) is 0.121. The quantitative estimate of drug-likeness (QED) is 0.794. The number of nitrogens with two attached hydrogens (primary N) is 1. The molecule has 0 aliphatic carbocycles. The maximum absolute atomic E-state index is 11.8. The lowest BCUT2D eigenvalue weighted by Gasteiger charge is -2.02. The molecule has 0 atom stereocenters. The number of carbonyl (C=O) groups is 2. The average Bonchev–Trinajstić information content (AvgIpc) is 2.85. The summed E-state index contributed by atoms with van der Waals surface area (Å²) in [7, 11) is 0. The third-order valence-corrected chi connectivity index (χ3v) is 3.48. The van der Waals surface area contributed by atoms with Crippen LogP contribution in [0.2, 0.25) is 0 Å². The summed E-state index contributed by atoms with van der Waals surface area (Å²) in [5, 5.41) is 6.68. The normalized spacial score (nSPS) is 10.9. The standard InChI is InChI=1S/C17H19N3O3/c1-11-15(12(2)23-20-11)9-10-19-16(21)8-5-13-3-6-14(7-4-13)17(18)22/h3-8H,9-10H2,1-2H3,(H2,18,22)(H,19,21)/b8-5+. The lowest BCUT2D eigenvalue weighted by Crippen LogP contribution is -2.23. The van der Waals surface area contributed by atoms with E-state index < -0.39 is 5.91 Å². The molecule has 120 valence electrons. The van der Waals surface area contributed by atoms with Gasteiger partial charge in [0.1, 0.15) is 5.76 Å². The minimum atomic E-state index is -0.474. The summed E-state index contributed by atoms with van der Waals surface area (Å²) in [6.07, 6.45) is 3.80. The van der Waals surface area contributed by atoms with Gasteiger partial charge in [-0.15, -0.1) is 0 Å². The molecule has 0 fully saturated rings. The van der Waals surface area contributed by atoms with Gasteiger partial charge in [-0.3, -0.25) is 9.59 Å². The van der Waals surface area contributed by atoms with Crippen molar-refractivity contribution in [2.24, 2.45) is 5.73 Å². The van der Waals surface area contributed by atoms with Gasteiger partial charge in [0, 0.05) is 23.7 Å². The van der Waals surface area contributed by atoms with E-state index in [9.17, 15) is 9.59 Å². The van der Waals surface area contributed by atoms with E-state index in [4.69, 9.17) is 10.3 Å². The molecule has 1 heterocycles. The Labute approximate surface area is 134 Å². The Kier molecular flexibility index (Phi) is 5.30. The molecule has 0 unspecified atom stereocenters. The fraction of sp³-hybridized carbons (Fsp3) is 0.235. The maximum Gasteiger partial charge on any atom is 0.248 e. The second-order valence-electron chi connectivity index (χ2n) is 5.16. The summed E-state index contributed by atoms with van der Waals surface area (Å²) in [4.78, 5) is 22.7. The van der Waals surface area contributed by atoms with Gasteiger partial charge in [0.25, 0.3) is 0 Å². The monoisotopic (exact) mass is 313 g/mol. The lowest BCUT2D eigenvalue weighted by molar-refractivity contribution is -0.116. The van der Waals surface area contributed by atoms with Crippen molar-refractivity contribution >= 4 is 17.9 Å². The number of aryl methyl sites for hydroxylation is 2. The van der Waals surface area contributed by atoms with Crippen LogP contribution in [0.1, 0.15) is 32.9 Å². The number of primary amides is 1. The molecule has 0 radical (unpaired) electrons. The van der Waals surface area contributed by atoms with Gasteiger partial charge in [-0.05, 0) is 44.0 Å². The summed E-state index contributed by atoms with van der Waals surface area (Å²) in [6.45, 7) is 4.24. The van der Waals surface area contributed by atoms with Gasteiger partial charge in [0.2, 0.25) is 11.8 Å². The molecule has 23 heavy (non-hydrogen) atoms. The second kappa shape index (κ2) is 7.40. The topological polar surface area (TPSA) is 98.2 Å². The van der Waals surface area contributed by atoms with Crippen LogP contribution >= 0.6 is 0 Å². The zero-order valence-corrected chi connectivity index (χ0v) is 13.1. The predicted molar refractivity (Wildman–Crippen MR) is 86.7 cm³/mol. The number of hydrogen-bond acceptors (Lipinski definition) is 4. The molecule has 6 heteroatoms. The molecule has 0 bridgehead atoms. The first-order valence-corrected chi connectivity index (χ1v) is 7.25. The molecule has 2 aromatic rings. The van der Waals surface area contributed by atoms with Crippen molar-refractivity contribution in [3.63, 3.8) is 0 Å². The zero-order chi connectivity index (χ0) is 16.8. The number of carbonyl (C=O) groups excluding carboxylic acids is 2. The maximum atomic E-state index is 11.8. The Bertz CT molecular complexity index is 711. The number of hydrogen-bond donors (Lipinski definition) is 2. The van der Waals surface area contributed by atoms with Crippen LogP contribution in [0.15, 0.2) is 34.9 Å². The van der Waals surface area contributed by atoms with Crippen molar-refractivity contribution < 1.29 is 14.1 Å². The van der Waals surface area contributed by atoms with E-state index in [-0.39, 0.29) is 5.91 Å². The van der Waals surface area contributed by atoms with Gasteiger partial charge >= 0.3 is 0 Å². The number of benzene rings is 1. The lowest BCUT2D eigenvalue weighted by atomic mass is 10.1. The van der Waals surface area contributed by atoms with E-state index in [1.165, 1.54) is 6.08 Å². The third-order valence-electron chi connectivity index (χ3n) is 3.48. The molecule has 2 amide bonds. The Morgan fingerprint density at radius 1 is 1.26 bits per heavy atom. The number of rotatable bonds is 6. The molecule has 0 spiro atoms. The molecule has 0 aliphatic heterocycles. The highest BCUT2D eigenvalue weighted by Gasteiger charge is 2.08. The fourth-order valence-corrected chi connectivity index (χ4v) is 2.16. The smallest absolute Gasteiger partial charge is 0.248 e. The Balaban J connectivity index is 1.83. The SMILES string of the molecule is Cc1noc(C)c1CCNC(=O)/C=C/c1ccc(C(N)=O)cc1. The van der Waals surface area contributed by atoms with Gasteiger partial charge in [0.05, 0.1) is 5.69 Å². The van der Waals surface area contributed by atoms with E-state index in [2.05, 4.69) is 10.5 Å². The zero-order valence-electron chi connectivity index (χ0n) is 13.1. The van der Waals surface area contributed by atoms with E-state index >= 15 is 0 Å². The van der Waals surface area contributed by atoms with Gasteiger partial charge in [-0.25, -0.2) is 0 Å². The minimum absolute atomic E-state index is 0.185. The van der Waals surface area contributed by atoms with Crippen LogP contribution in [-0.2, 0) is 11.2 Å². The highest BCUT2D eigenvalue weighted by atomic mass is 16.5. The van der Waals surface area contributed by atoms with E-state index in [1.54, 1.807) is 30.3 Å². The predicted octanol–water partition coefficient (Wildman–Crippen LogP) is 1.76. The van der Waals surface area contributed by atoms with Gasteiger partial charge < -0.3 is 15.6 Å². The molecule has 0 saturated heterocycles. The van der Waals surface area contributed by atoms with Crippen LogP contribution in [0, 0.1) is 13.8 Å². The van der Waals surface area contributed by atoms with Gasteiger partial charge in [-0.2, -0.15) is 0 Å². The molecule has 1 aromatic heterocycles. The number of nitrogens with zero attached hydrogens (tertiary/aromatic N) is 1. The second-order valence-corrected chi connectivity index (χ2v) is 5.16. The van der Waals surface area contributed by atoms with Crippen molar-refractivity contribution in [2.75, 3.05) is 6.54 Å². The van der Waals surface area contributed by atoms with Crippen LogP contribution in [0.3, 0.4) is 0 Å². The summed E-state index contributed by atoms with van der Waals surface area (Å²) in [6, 6.07) is 6.70. The number of aromatic nitrogens is 1. The van der Waals surface area contributed by atoms with Crippen molar-refractivity contribution in [3.05, 3.63) is 58.5 Å². The van der Waals surface area contributed by atoms with Gasteiger partial charge in [0.15, 0.2) is 0 Å². The first-order chi connectivity index (χ1) is 11.0. The first kappa shape index (κ1) is 16.5. The van der Waals surface area contributed by atoms with E-state index in [1.807, 2.05) is 13.8 Å². The summed E-state index contributed by atoms with van der Waals surface area (Å²) < 4.78 is 5.08. The summed E-state index contributed by atoms with van der Waals surface area (Å²) in [5.41, 5.74) is 8.30. The summed E-state index contributed by atoms with van der Waals surface area (Å²) >= 11 is 0. The molecule has 3 N–H and O–H groups in total. The highest BCUT2D eigenvalue weighted by Crippen LogP contribution is 2.12. The Morgan fingerprint density at radius 2 is 1.96 bits per heavy atom. The molecular formula is C17H19N3O3. The third kappa shape index (κ3) is 4.54. The number of nitrogens with one attached hydrogen (secondary N) is 1. The average molecular weight is 313 g/mol. The minimum Gasteiger partial charge on any atom is -0.366 e. The largest absolute Gasteiger partial charge is 0.366 e. The van der Waals surface area contributed by atoms with Crippen LogP contribution in [-0.4, -0.2) is 23.5 Å². The molecular weight excluding hydrogens is 294 g/mol. The van der Waals surface area contributed by atoms with Crippen LogP contribution in [0.5, 0.6) is 0 Å². The van der Waals surface area contributed by atoms with Crippen molar-refractivity contribution in [1.82, 2.24) is 10.5 Å². The van der Waals surface area contributed by atoms with E-state index in [0.29, 0.717) is 18.5 Å².